The zero-order valence-corrected chi connectivity index (χ0v) is 11.2. The smallest absolute Gasteiger partial charge is 0.165 e. The molecular weight excluding hydrogens is 232 g/mol. The molecule has 1 aromatic rings. The lowest BCUT2D eigenvalue weighted by Crippen LogP contribution is -2.46. The van der Waals surface area contributed by atoms with E-state index in [1.54, 1.807) is 0 Å². The first kappa shape index (κ1) is 13.4. The quantitative estimate of drug-likeness (QED) is 0.738. The first-order valence-electron chi connectivity index (χ1n) is 6.57. The molecule has 2 rings (SSSR count). The van der Waals surface area contributed by atoms with E-state index in [2.05, 4.69) is 32.7 Å². The van der Waals surface area contributed by atoms with Crippen molar-refractivity contribution in [3.05, 3.63) is 5.82 Å². The Morgan fingerprint density at radius 3 is 3.17 bits per heavy atom. The average Bonchev–Trinajstić information content (AvgIpc) is 2.78. The number of aryl methyl sites for hydroxylation is 1. The Hall–Kier alpha value is -1.05. The van der Waals surface area contributed by atoms with Crippen LogP contribution >= 0.6 is 0 Å². The molecule has 1 saturated heterocycles. The number of hydrogen-bond donors (Lipinski definition) is 1. The van der Waals surface area contributed by atoms with Gasteiger partial charge in [0.15, 0.2) is 5.82 Å². The molecular formula is C11H22N6O. The molecule has 1 aliphatic heterocycles. The molecule has 0 spiro atoms. The second-order valence-corrected chi connectivity index (χ2v) is 4.60. The fraction of sp³-hybridized carbons (Fsp3) is 0.909. The highest BCUT2D eigenvalue weighted by Gasteiger charge is 2.21. The van der Waals surface area contributed by atoms with Gasteiger partial charge >= 0.3 is 0 Å². The highest BCUT2D eigenvalue weighted by molar-refractivity contribution is 4.83. The summed E-state index contributed by atoms with van der Waals surface area (Å²) in [4.78, 5) is 2.35. The summed E-state index contributed by atoms with van der Waals surface area (Å²) in [5, 5.41) is 15.0. The van der Waals surface area contributed by atoms with Gasteiger partial charge in [-0.15, -0.1) is 5.10 Å². The molecule has 1 fully saturated rings. The van der Waals surface area contributed by atoms with Crippen molar-refractivity contribution in [2.45, 2.75) is 32.5 Å². The van der Waals surface area contributed by atoms with Gasteiger partial charge in [0.25, 0.3) is 0 Å². The van der Waals surface area contributed by atoms with Crippen molar-refractivity contribution >= 4 is 0 Å². The van der Waals surface area contributed by atoms with Gasteiger partial charge in [0.1, 0.15) is 0 Å². The second-order valence-electron chi connectivity index (χ2n) is 4.60. The Labute approximate surface area is 107 Å². The van der Waals surface area contributed by atoms with Crippen LogP contribution in [0, 0.1) is 0 Å². The Morgan fingerprint density at radius 1 is 1.50 bits per heavy atom. The average molecular weight is 254 g/mol. The largest absolute Gasteiger partial charge is 0.374 e. The van der Waals surface area contributed by atoms with E-state index in [0.29, 0.717) is 0 Å². The van der Waals surface area contributed by atoms with Crippen molar-refractivity contribution in [3.8, 4) is 0 Å². The van der Waals surface area contributed by atoms with Crippen LogP contribution in [0.5, 0.6) is 0 Å². The highest BCUT2D eigenvalue weighted by atomic mass is 16.5. The summed E-state index contributed by atoms with van der Waals surface area (Å²) in [7, 11) is 1.95. The van der Waals surface area contributed by atoms with Gasteiger partial charge in [-0.2, -0.15) is 0 Å². The molecule has 2 heterocycles. The standard InChI is InChI=1S/C11H22N6O/c1-3-4-17-11(13-14-15-17)9-16-5-6-18-10(8-16)7-12-2/h10,12H,3-9H2,1-2H3. The second kappa shape index (κ2) is 6.77. The Kier molecular flexibility index (Phi) is 5.03. The van der Waals surface area contributed by atoms with Crippen LogP contribution in [0.3, 0.4) is 0 Å². The summed E-state index contributed by atoms with van der Waals surface area (Å²) in [5.74, 6) is 0.946. The van der Waals surface area contributed by atoms with E-state index in [-0.39, 0.29) is 6.10 Å². The molecule has 7 nitrogen and oxygen atoms in total. The number of nitrogens with zero attached hydrogens (tertiary/aromatic N) is 5. The van der Waals surface area contributed by atoms with Crippen molar-refractivity contribution in [2.75, 3.05) is 33.3 Å². The number of tetrazole rings is 1. The molecule has 7 heteroatoms. The predicted molar refractivity (Wildman–Crippen MR) is 67.1 cm³/mol. The number of hydrogen-bond acceptors (Lipinski definition) is 6. The number of ether oxygens (including phenoxy) is 1. The van der Waals surface area contributed by atoms with Crippen LogP contribution in [-0.2, 0) is 17.8 Å². The summed E-state index contributed by atoms with van der Waals surface area (Å²) in [6, 6.07) is 0. The Morgan fingerprint density at radius 2 is 2.39 bits per heavy atom. The highest BCUT2D eigenvalue weighted by Crippen LogP contribution is 2.08. The first-order chi connectivity index (χ1) is 8.83. The maximum absolute atomic E-state index is 5.68. The molecule has 1 N–H and O–H groups in total. The third-order valence-electron chi connectivity index (χ3n) is 3.06. The lowest BCUT2D eigenvalue weighted by atomic mass is 10.2. The lowest BCUT2D eigenvalue weighted by Gasteiger charge is -2.32. The minimum atomic E-state index is 0.263. The van der Waals surface area contributed by atoms with E-state index < -0.39 is 0 Å². The summed E-state index contributed by atoms with van der Waals surface area (Å²) in [5.41, 5.74) is 0. The van der Waals surface area contributed by atoms with Crippen LogP contribution in [0.2, 0.25) is 0 Å². The summed E-state index contributed by atoms with van der Waals surface area (Å²) >= 11 is 0. The number of aromatic nitrogens is 4. The summed E-state index contributed by atoms with van der Waals surface area (Å²) in [6.07, 6.45) is 1.31. The molecule has 1 unspecified atom stereocenters. The van der Waals surface area contributed by atoms with Crippen LogP contribution in [-0.4, -0.2) is 64.5 Å². The number of nitrogens with one attached hydrogen (secondary N) is 1. The van der Waals surface area contributed by atoms with Crippen molar-refractivity contribution in [1.29, 1.82) is 0 Å². The van der Waals surface area contributed by atoms with Gasteiger partial charge in [0.05, 0.1) is 19.3 Å². The molecule has 1 aliphatic rings. The molecule has 0 saturated carbocycles. The van der Waals surface area contributed by atoms with Crippen LogP contribution in [0.1, 0.15) is 19.2 Å². The van der Waals surface area contributed by atoms with Crippen LogP contribution in [0.4, 0.5) is 0 Å². The molecule has 0 bridgehead atoms. The van der Waals surface area contributed by atoms with E-state index in [1.807, 2.05) is 11.7 Å². The van der Waals surface area contributed by atoms with Crippen LogP contribution in [0.25, 0.3) is 0 Å². The van der Waals surface area contributed by atoms with Crippen molar-refractivity contribution in [1.82, 2.24) is 30.4 Å². The third kappa shape index (κ3) is 3.47. The topological polar surface area (TPSA) is 68.1 Å². The van der Waals surface area contributed by atoms with Gasteiger partial charge < -0.3 is 10.1 Å². The number of likely N-dealkylation sites (N-methyl/N-ethyl adjacent to an activating group) is 1. The van der Waals surface area contributed by atoms with E-state index >= 15 is 0 Å². The number of morpholine rings is 1. The maximum atomic E-state index is 5.68. The fourth-order valence-corrected chi connectivity index (χ4v) is 2.20. The zero-order chi connectivity index (χ0) is 12.8. The molecule has 0 radical (unpaired) electrons. The van der Waals surface area contributed by atoms with E-state index in [0.717, 1.165) is 51.6 Å². The van der Waals surface area contributed by atoms with Gasteiger partial charge in [-0.25, -0.2) is 4.68 Å². The monoisotopic (exact) mass is 254 g/mol. The Balaban J connectivity index is 1.89. The number of rotatable bonds is 6. The van der Waals surface area contributed by atoms with Gasteiger partial charge in [-0.3, -0.25) is 4.90 Å². The normalized spacial score (nSPS) is 21.3. The molecule has 0 amide bonds. The molecule has 0 aliphatic carbocycles. The van der Waals surface area contributed by atoms with Gasteiger partial charge in [0.2, 0.25) is 0 Å². The fourth-order valence-electron chi connectivity index (χ4n) is 2.20. The first-order valence-corrected chi connectivity index (χ1v) is 6.57. The van der Waals surface area contributed by atoms with Gasteiger partial charge in [0, 0.05) is 26.2 Å². The minimum absolute atomic E-state index is 0.263. The van der Waals surface area contributed by atoms with Gasteiger partial charge in [-0.05, 0) is 23.9 Å². The summed E-state index contributed by atoms with van der Waals surface area (Å²) < 4.78 is 7.57. The van der Waals surface area contributed by atoms with Crippen molar-refractivity contribution in [3.63, 3.8) is 0 Å². The van der Waals surface area contributed by atoms with Crippen LogP contribution in [0.15, 0.2) is 0 Å². The molecule has 18 heavy (non-hydrogen) atoms. The van der Waals surface area contributed by atoms with Gasteiger partial charge in [-0.1, -0.05) is 6.92 Å². The van der Waals surface area contributed by atoms with Crippen molar-refractivity contribution in [2.24, 2.45) is 0 Å². The minimum Gasteiger partial charge on any atom is -0.374 e. The third-order valence-corrected chi connectivity index (χ3v) is 3.06. The van der Waals surface area contributed by atoms with E-state index in [1.165, 1.54) is 0 Å². The van der Waals surface area contributed by atoms with E-state index in [9.17, 15) is 0 Å². The van der Waals surface area contributed by atoms with Crippen LogP contribution < -0.4 is 5.32 Å². The molecule has 102 valence electrons. The lowest BCUT2D eigenvalue weighted by molar-refractivity contribution is -0.0302. The van der Waals surface area contributed by atoms with Crippen molar-refractivity contribution < 1.29 is 4.74 Å². The molecule has 0 aromatic carbocycles. The zero-order valence-electron chi connectivity index (χ0n) is 11.2. The SMILES string of the molecule is CCCn1nnnc1CN1CCOC(CNC)C1. The summed E-state index contributed by atoms with van der Waals surface area (Å²) in [6.45, 7) is 7.35. The maximum Gasteiger partial charge on any atom is 0.165 e. The predicted octanol–water partition coefficient (Wildman–Crippen LogP) is -0.497. The molecule has 1 atom stereocenters. The van der Waals surface area contributed by atoms with E-state index in [4.69, 9.17) is 4.74 Å². The Bertz CT molecular complexity index is 353. The molecule has 1 aromatic heterocycles.